The van der Waals surface area contributed by atoms with E-state index in [2.05, 4.69) is 11.7 Å². The maximum Gasteiger partial charge on any atom is 0.218 e. The van der Waals surface area contributed by atoms with Gasteiger partial charge in [0.2, 0.25) is 10.0 Å². The number of hydrogen-bond donors (Lipinski definition) is 2. The van der Waals surface area contributed by atoms with Crippen LogP contribution in [0.3, 0.4) is 0 Å². The lowest BCUT2D eigenvalue weighted by atomic mass is 10.1. The fraction of sp³-hybridized carbons (Fsp3) is 0.200. The van der Waals surface area contributed by atoms with Gasteiger partial charge in [0.15, 0.2) is 5.82 Å². The van der Waals surface area contributed by atoms with Gasteiger partial charge in [-0.05, 0) is 11.6 Å². The fourth-order valence-corrected chi connectivity index (χ4v) is 5.40. The first kappa shape index (κ1) is 26.7. The molecule has 0 amide bonds. The monoisotopic (exact) mass is 513 g/mol. The van der Waals surface area contributed by atoms with Gasteiger partial charge in [-0.1, -0.05) is 72.8 Å². The van der Waals surface area contributed by atoms with Gasteiger partial charge in [0, 0.05) is 29.6 Å². The van der Waals surface area contributed by atoms with Gasteiger partial charge < -0.3 is 4.74 Å². The maximum absolute atomic E-state index is 12.7. The van der Waals surface area contributed by atoms with Crippen LogP contribution in [0.5, 0.6) is 0 Å². The average Bonchev–Trinajstić information content (AvgIpc) is 2.90. The minimum Gasteiger partial charge on any atom is -0.379 e. The molecule has 1 aromatic heterocycles. The highest BCUT2D eigenvalue weighted by Crippen LogP contribution is 2.29. The van der Waals surface area contributed by atoms with E-state index in [1.54, 1.807) is 0 Å². The highest BCUT2D eigenvalue weighted by atomic mass is 35.5. The van der Waals surface area contributed by atoms with E-state index in [1.807, 2.05) is 78.9 Å². The summed E-state index contributed by atoms with van der Waals surface area (Å²) < 4.78 is 32.2. The van der Waals surface area contributed by atoms with Crippen LogP contribution in [0.15, 0.2) is 78.9 Å². The normalized spacial score (nSPS) is 14.0. The molecule has 0 aliphatic carbocycles. The molecule has 1 saturated heterocycles. The largest absolute Gasteiger partial charge is 0.379 e. The molecule has 0 unspecified atom stereocenters. The Bertz CT molecular complexity index is 1350. The van der Waals surface area contributed by atoms with Gasteiger partial charge in [0.05, 0.1) is 30.2 Å². The third kappa shape index (κ3) is 6.21. The van der Waals surface area contributed by atoms with E-state index < -0.39 is 10.0 Å². The van der Waals surface area contributed by atoms with E-state index in [9.17, 15) is 8.42 Å². The summed E-state index contributed by atoms with van der Waals surface area (Å²) in [6, 6.07) is 25.5. The van der Waals surface area contributed by atoms with Crippen LogP contribution in [-0.2, 0) is 20.5 Å². The van der Waals surface area contributed by atoms with Crippen molar-refractivity contribution in [2.45, 2.75) is 5.75 Å². The maximum atomic E-state index is 12.7. The molecule has 10 heteroatoms. The van der Waals surface area contributed by atoms with Crippen molar-refractivity contribution in [2.24, 2.45) is 11.7 Å². The molecule has 4 aromatic rings. The van der Waals surface area contributed by atoms with E-state index >= 15 is 0 Å². The molecule has 8 nitrogen and oxygen atoms in total. The van der Waals surface area contributed by atoms with E-state index in [1.165, 1.54) is 4.31 Å². The van der Waals surface area contributed by atoms with E-state index in [0.29, 0.717) is 32.1 Å². The van der Waals surface area contributed by atoms with Gasteiger partial charge in [-0.2, -0.15) is 4.31 Å². The lowest BCUT2D eigenvalue weighted by molar-refractivity contribution is 0.0729. The van der Waals surface area contributed by atoms with E-state index in [0.717, 1.165) is 33.3 Å². The molecule has 0 saturated carbocycles. The third-order valence-electron chi connectivity index (χ3n) is 5.58. The third-order valence-corrected chi connectivity index (χ3v) is 7.43. The molecule has 0 bridgehead atoms. The van der Waals surface area contributed by atoms with Gasteiger partial charge in [0.1, 0.15) is 0 Å². The van der Waals surface area contributed by atoms with Crippen LogP contribution in [-0.4, -0.2) is 49.0 Å². The van der Waals surface area contributed by atoms with E-state index in [-0.39, 0.29) is 18.2 Å². The number of morpholine rings is 1. The zero-order valence-electron chi connectivity index (χ0n) is 19.1. The Morgan fingerprint density at radius 2 is 1.43 bits per heavy atom. The molecule has 5 rings (SSSR count). The van der Waals surface area contributed by atoms with Crippen molar-refractivity contribution in [1.29, 1.82) is 0 Å². The van der Waals surface area contributed by atoms with Crippen LogP contribution in [0.4, 0.5) is 0 Å². The van der Waals surface area contributed by atoms with Crippen molar-refractivity contribution in [3.63, 3.8) is 0 Å². The zero-order chi connectivity index (χ0) is 24.0. The molecule has 0 atom stereocenters. The van der Waals surface area contributed by atoms with Gasteiger partial charge in [-0.15, -0.1) is 12.4 Å². The molecular formula is C25H28ClN5O3S. The predicted molar refractivity (Wildman–Crippen MR) is 141 cm³/mol. The van der Waals surface area contributed by atoms with Crippen LogP contribution in [0.2, 0.25) is 0 Å². The number of benzene rings is 3. The van der Waals surface area contributed by atoms with E-state index in [4.69, 9.17) is 14.7 Å². The standard InChI is InChI=1S/C25H23N3O3S.ClH.H4N2/c29-32(30,28-14-16-31-17-15-28)18-19-10-12-21(13-11-19)25-26-23-9-5-4-8-22(23)24(27-25)20-6-2-1-3-7-20;;1-2/h1-13H,14-18H2;1H;1-2H2. The van der Waals surface area contributed by atoms with Crippen LogP contribution in [0, 0.1) is 0 Å². The second-order valence-corrected chi connectivity index (χ2v) is 9.71. The second kappa shape index (κ2) is 12.2. The summed E-state index contributed by atoms with van der Waals surface area (Å²) in [5.74, 6) is 8.59. The molecule has 3 aromatic carbocycles. The van der Waals surface area contributed by atoms with Crippen molar-refractivity contribution in [2.75, 3.05) is 26.3 Å². The number of hydrogen-bond acceptors (Lipinski definition) is 7. The summed E-state index contributed by atoms with van der Waals surface area (Å²) in [5, 5.41) is 0.996. The van der Waals surface area contributed by atoms with Gasteiger partial charge in [-0.25, -0.2) is 18.4 Å². The summed E-state index contributed by atoms with van der Waals surface area (Å²) >= 11 is 0. The fourth-order valence-electron chi connectivity index (χ4n) is 3.90. The summed E-state index contributed by atoms with van der Waals surface area (Å²) in [6.45, 7) is 1.71. The van der Waals surface area contributed by atoms with Gasteiger partial charge in [0.25, 0.3) is 0 Å². The highest BCUT2D eigenvalue weighted by Gasteiger charge is 2.24. The highest BCUT2D eigenvalue weighted by molar-refractivity contribution is 7.88. The minimum atomic E-state index is -3.36. The molecule has 184 valence electrons. The molecule has 1 fully saturated rings. The first-order valence-electron chi connectivity index (χ1n) is 10.9. The summed E-state index contributed by atoms with van der Waals surface area (Å²) in [6.07, 6.45) is 0. The minimum absolute atomic E-state index is 0. The van der Waals surface area contributed by atoms with Gasteiger partial charge in [-0.3, -0.25) is 11.7 Å². The number of sulfonamides is 1. The van der Waals surface area contributed by atoms with Crippen molar-refractivity contribution < 1.29 is 13.2 Å². The molecule has 1 aliphatic rings. The van der Waals surface area contributed by atoms with Gasteiger partial charge >= 0.3 is 0 Å². The molecule has 1 aliphatic heterocycles. The van der Waals surface area contributed by atoms with Crippen molar-refractivity contribution in [3.8, 4) is 22.6 Å². The van der Waals surface area contributed by atoms with Crippen LogP contribution in [0.25, 0.3) is 33.5 Å². The SMILES string of the molecule is Cl.NN.O=S(=O)(Cc1ccc(-c2nc(-c3ccccc3)c3ccccc3n2)cc1)N1CCOCC1. The number of aromatic nitrogens is 2. The molecule has 0 spiro atoms. The summed E-state index contributed by atoms with van der Waals surface area (Å²) in [4.78, 5) is 9.63. The number of para-hydroxylation sites is 1. The van der Waals surface area contributed by atoms with Crippen molar-refractivity contribution in [1.82, 2.24) is 14.3 Å². The number of nitrogens with zero attached hydrogens (tertiary/aromatic N) is 3. The number of rotatable bonds is 5. The molecule has 35 heavy (non-hydrogen) atoms. The number of ether oxygens (including phenoxy) is 1. The number of hydrazine groups is 1. The lowest BCUT2D eigenvalue weighted by Gasteiger charge is -2.26. The van der Waals surface area contributed by atoms with Crippen LogP contribution >= 0.6 is 12.4 Å². The molecule has 2 heterocycles. The Balaban J connectivity index is 0.00000111. The first-order chi connectivity index (χ1) is 16.6. The smallest absolute Gasteiger partial charge is 0.218 e. The second-order valence-electron chi connectivity index (χ2n) is 7.74. The Hall–Kier alpha value is -2.92. The molecule has 0 radical (unpaired) electrons. The Kier molecular flexibility index (Phi) is 9.27. The number of halogens is 1. The number of nitrogens with two attached hydrogens (primary N) is 2. The Labute approximate surface area is 211 Å². The van der Waals surface area contributed by atoms with Crippen LogP contribution < -0.4 is 11.7 Å². The zero-order valence-corrected chi connectivity index (χ0v) is 20.7. The summed E-state index contributed by atoms with van der Waals surface area (Å²) in [5.41, 5.74) is 4.37. The first-order valence-corrected chi connectivity index (χ1v) is 12.5. The summed E-state index contributed by atoms with van der Waals surface area (Å²) in [7, 11) is -3.36. The average molecular weight is 514 g/mol. The molecule has 4 N–H and O–H groups in total. The topological polar surface area (TPSA) is 124 Å². The van der Waals surface area contributed by atoms with Crippen molar-refractivity contribution in [3.05, 3.63) is 84.4 Å². The Morgan fingerprint density at radius 1 is 0.800 bits per heavy atom. The molecular weight excluding hydrogens is 486 g/mol. The van der Waals surface area contributed by atoms with Crippen molar-refractivity contribution >= 4 is 33.3 Å². The Morgan fingerprint density at radius 3 is 2.11 bits per heavy atom. The quantitative estimate of drug-likeness (QED) is 0.309. The number of fused-ring (bicyclic) bond motifs is 1. The lowest BCUT2D eigenvalue weighted by Crippen LogP contribution is -2.41. The van der Waals surface area contributed by atoms with Crippen LogP contribution in [0.1, 0.15) is 5.56 Å². The predicted octanol–water partition coefficient (Wildman–Crippen LogP) is 3.37.